The molecule has 1 aliphatic rings. The summed E-state index contributed by atoms with van der Waals surface area (Å²) in [5.41, 5.74) is -4.32. The number of cyclic esters (lactones) is 1. The topological polar surface area (TPSA) is 48.4 Å². The van der Waals surface area contributed by atoms with Crippen LogP contribution in [0.3, 0.4) is 0 Å². The van der Waals surface area contributed by atoms with E-state index in [0.717, 1.165) is 33.1 Å². The van der Waals surface area contributed by atoms with Crippen molar-refractivity contribution >= 4 is 11.5 Å². The van der Waals surface area contributed by atoms with E-state index in [1.807, 2.05) is 0 Å². The maximum Gasteiger partial charge on any atom is 0.432 e. The first kappa shape index (κ1) is 17.2. The summed E-state index contributed by atoms with van der Waals surface area (Å²) in [4.78, 5) is 15.4. The highest BCUT2D eigenvalue weighted by Gasteiger charge is 2.60. The van der Waals surface area contributed by atoms with Crippen molar-refractivity contribution in [2.75, 3.05) is 7.11 Å². The molecular weight excluding hydrogens is 325 g/mol. The van der Waals surface area contributed by atoms with Gasteiger partial charge in [-0.15, -0.1) is 0 Å². The third kappa shape index (κ3) is 2.64. The number of aromatic nitrogens is 1. The minimum atomic E-state index is -4.82. The van der Waals surface area contributed by atoms with Crippen LogP contribution in [0.5, 0.6) is 5.88 Å². The second kappa shape index (κ2) is 5.47. The molecule has 1 atom stereocenters. The molecule has 0 amide bonds. The van der Waals surface area contributed by atoms with Crippen LogP contribution < -0.4 is 4.74 Å². The van der Waals surface area contributed by atoms with Crippen molar-refractivity contribution in [3.63, 3.8) is 0 Å². The zero-order valence-electron chi connectivity index (χ0n) is 12.3. The van der Waals surface area contributed by atoms with Gasteiger partial charge in [-0.2, -0.15) is 13.2 Å². The lowest BCUT2D eigenvalue weighted by Gasteiger charge is -2.27. The molecule has 0 bridgehead atoms. The zero-order valence-corrected chi connectivity index (χ0v) is 12.3. The normalized spacial score (nSPS) is 21.9. The number of rotatable bonds is 3. The largest absolute Gasteiger partial charge is 0.481 e. The Kier molecular flexibility index (Phi) is 4.08. The standard InChI is InChI=1S/C14H12F5NO3/c1-6-9(12(21)23-13(6,2)14(17,18)19)7-4-5-8(10(15)16)20-11(7)22-3/h4-5,10H,1-3H3/t13-/m1/s1. The number of pyridine rings is 1. The van der Waals surface area contributed by atoms with Gasteiger partial charge in [0.25, 0.3) is 6.43 Å². The lowest BCUT2D eigenvalue weighted by molar-refractivity contribution is -0.242. The summed E-state index contributed by atoms with van der Waals surface area (Å²) < 4.78 is 74.1. The Hall–Kier alpha value is -2.19. The smallest absolute Gasteiger partial charge is 0.432 e. The monoisotopic (exact) mass is 337 g/mol. The van der Waals surface area contributed by atoms with Gasteiger partial charge in [0.1, 0.15) is 5.69 Å². The molecule has 0 unspecified atom stereocenters. The highest BCUT2D eigenvalue weighted by atomic mass is 19.4. The maximum atomic E-state index is 13.2. The third-order valence-corrected chi connectivity index (χ3v) is 3.70. The zero-order chi connectivity index (χ0) is 17.6. The number of carbonyl (C=O) groups is 1. The molecule has 0 saturated heterocycles. The molecule has 0 aromatic carbocycles. The second-order valence-corrected chi connectivity index (χ2v) is 5.01. The first-order valence-corrected chi connectivity index (χ1v) is 6.37. The van der Waals surface area contributed by atoms with Crippen molar-refractivity contribution in [3.05, 3.63) is 29.0 Å². The highest BCUT2D eigenvalue weighted by Crippen LogP contribution is 2.48. The van der Waals surface area contributed by atoms with Crippen LogP contribution in [0.1, 0.15) is 31.5 Å². The van der Waals surface area contributed by atoms with Crippen molar-refractivity contribution < 1.29 is 36.2 Å². The fourth-order valence-corrected chi connectivity index (χ4v) is 2.21. The molecule has 0 aliphatic carbocycles. The van der Waals surface area contributed by atoms with Crippen LogP contribution in [0.15, 0.2) is 17.7 Å². The van der Waals surface area contributed by atoms with Crippen molar-refractivity contribution in [2.45, 2.75) is 32.1 Å². The molecule has 0 saturated carbocycles. The Morgan fingerprint density at radius 1 is 1.30 bits per heavy atom. The lowest BCUT2D eigenvalue weighted by atomic mass is 9.92. The number of halogens is 5. The van der Waals surface area contributed by atoms with E-state index in [9.17, 15) is 26.7 Å². The van der Waals surface area contributed by atoms with E-state index in [4.69, 9.17) is 4.74 Å². The van der Waals surface area contributed by atoms with E-state index in [-0.39, 0.29) is 17.0 Å². The number of ether oxygens (including phenoxy) is 2. The number of nitrogens with zero attached hydrogens (tertiary/aromatic N) is 1. The fourth-order valence-electron chi connectivity index (χ4n) is 2.21. The summed E-state index contributed by atoms with van der Waals surface area (Å²) in [5.74, 6) is -1.59. The van der Waals surface area contributed by atoms with Crippen LogP contribution in [-0.4, -0.2) is 29.8 Å². The van der Waals surface area contributed by atoms with E-state index < -0.39 is 35.4 Å². The predicted octanol–water partition coefficient (Wildman–Crippen LogP) is 3.68. The van der Waals surface area contributed by atoms with Gasteiger partial charge in [-0.25, -0.2) is 18.6 Å². The molecule has 2 heterocycles. The summed E-state index contributed by atoms with van der Waals surface area (Å²) in [6.45, 7) is 1.81. The third-order valence-electron chi connectivity index (χ3n) is 3.70. The lowest BCUT2D eigenvalue weighted by Crippen LogP contribution is -2.43. The van der Waals surface area contributed by atoms with E-state index in [1.54, 1.807) is 0 Å². The summed E-state index contributed by atoms with van der Waals surface area (Å²) in [6.07, 6.45) is -7.71. The Morgan fingerprint density at radius 2 is 1.91 bits per heavy atom. The van der Waals surface area contributed by atoms with Crippen molar-refractivity contribution in [2.24, 2.45) is 0 Å². The number of hydrogen-bond acceptors (Lipinski definition) is 4. The van der Waals surface area contributed by atoms with Crippen LogP contribution in [0, 0.1) is 0 Å². The van der Waals surface area contributed by atoms with Gasteiger partial charge in [0.05, 0.1) is 18.2 Å². The molecule has 4 nitrogen and oxygen atoms in total. The van der Waals surface area contributed by atoms with Crippen molar-refractivity contribution in [1.82, 2.24) is 4.98 Å². The van der Waals surface area contributed by atoms with Gasteiger partial charge < -0.3 is 9.47 Å². The summed E-state index contributed by atoms with van der Waals surface area (Å²) >= 11 is 0. The van der Waals surface area contributed by atoms with Gasteiger partial charge in [0, 0.05) is 0 Å². The van der Waals surface area contributed by atoms with Crippen LogP contribution in [-0.2, 0) is 9.53 Å². The van der Waals surface area contributed by atoms with Crippen LogP contribution in [0.4, 0.5) is 22.0 Å². The van der Waals surface area contributed by atoms with Crippen LogP contribution in [0.2, 0.25) is 0 Å². The van der Waals surface area contributed by atoms with Crippen molar-refractivity contribution in [1.29, 1.82) is 0 Å². The van der Waals surface area contributed by atoms with Gasteiger partial charge in [0.15, 0.2) is 0 Å². The van der Waals surface area contributed by atoms with E-state index in [2.05, 4.69) is 9.72 Å². The molecule has 126 valence electrons. The molecule has 0 radical (unpaired) electrons. The Labute approximate surface area is 127 Å². The molecule has 9 heteroatoms. The molecular formula is C14H12F5NO3. The number of alkyl halides is 5. The summed E-state index contributed by atoms with van der Waals surface area (Å²) in [7, 11) is 1.11. The van der Waals surface area contributed by atoms with Gasteiger partial charge in [-0.1, -0.05) is 0 Å². The van der Waals surface area contributed by atoms with E-state index >= 15 is 0 Å². The van der Waals surface area contributed by atoms with Gasteiger partial charge in [0.2, 0.25) is 11.5 Å². The predicted molar refractivity (Wildman–Crippen MR) is 68.9 cm³/mol. The number of carbonyl (C=O) groups excluding carboxylic acids is 1. The summed E-state index contributed by atoms with van der Waals surface area (Å²) in [6, 6.07) is 1.98. The van der Waals surface area contributed by atoms with E-state index in [1.165, 1.54) is 0 Å². The number of hydrogen-bond donors (Lipinski definition) is 0. The molecule has 23 heavy (non-hydrogen) atoms. The summed E-state index contributed by atoms with van der Waals surface area (Å²) in [5, 5.41) is 0. The minimum absolute atomic E-state index is 0.132. The molecule has 2 rings (SSSR count). The second-order valence-electron chi connectivity index (χ2n) is 5.01. The van der Waals surface area contributed by atoms with Crippen LogP contribution >= 0.6 is 0 Å². The van der Waals surface area contributed by atoms with Gasteiger partial charge in [-0.05, 0) is 31.6 Å². The minimum Gasteiger partial charge on any atom is -0.481 e. The number of esters is 1. The average Bonchev–Trinajstić information content (AvgIpc) is 2.68. The molecule has 0 fully saturated rings. The molecule has 1 aromatic heterocycles. The Balaban J connectivity index is 2.63. The fraction of sp³-hybridized carbons (Fsp3) is 0.429. The van der Waals surface area contributed by atoms with E-state index in [0.29, 0.717) is 0 Å². The first-order valence-electron chi connectivity index (χ1n) is 6.37. The average molecular weight is 337 g/mol. The van der Waals surface area contributed by atoms with Gasteiger partial charge in [-0.3, -0.25) is 0 Å². The molecule has 0 spiro atoms. The van der Waals surface area contributed by atoms with Gasteiger partial charge >= 0.3 is 12.1 Å². The first-order chi connectivity index (χ1) is 10.5. The van der Waals surface area contributed by atoms with Crippen molar-refractivity contribution in [3.8, 4) is 5.88 Å². The highest BCUT2D eigenvalue weighted by molar-refractivity contribution is 6.20. The quantitative estimate of drug-likeness (QED) is 0.624. The molecule has 1 aromatic rings. The Bertz CT molecular complexity index is 683. The maximum absolute atomic E-state index is 13.2. The van der Waals surface area contributed by atoms with Crippen LogP contribution in [0.25, 0.3) is 5.57 Å². The molecule has 1 aliphatic heterocycles. The Morgan fingerprint density at radius 3 is 2.35 bits per heavy atom. The SMILES string of the molecule is COc1nc(C(F)F)ccc1C1=C(C)[C@](C)(C(F)(F)F)OC1=O. The number of methoxy groups -OCH3 is 1. The molecule has 0 N–H and O–H groups in total.